The second kappa shape index (κ2) is 5.04. The highest BCUT2D eigenvalue weighted by Gasteiger charge is 2.25. The number of carbonyl (C=O) groups excluding carboxylic acids is 1. The molecular formula is C11H13NO6S. The fourth-order valence-corrected chi connectivity index (χ4v) is 3.14. The molecule has 7 nitrogen and oxygen atoms in total. The van der Waals surface area contributed by atoms with Crippen molar-refractivity contribution in [2.75, 3.05) is 24.6 Å². The van der Waals surface area contributed by atoms with E-state index in [-0.39, 0.29) is 29.6 Å². The lowest BCUT2D eigenvalue weighted by molar-refractivity contribution is 0.0651. The number of sulfone groups is 1. The lowest BCUT2D eigenvalue weighted by Gasteiger charge is -2.17. The van der Waals surface area contributed by atoms with Crippen LogP contribution < -0.4 is 0 Å². The molecule has 1 fully saturated rings. The van der Waals surface area contributed by atoms with Crippen LogP contribution in [0.2, 0.25) is 0 Å². The van der Waals surface area contributed by atoms with E-state index in [1.807, 2.05) is 0 Å². The first kappa shape index (κ1) is 13.6. The van der Waals surface area contributed by atoms with Crippen LogP contribution in [0.1, 0.15) is 27.5 Å². The highest BCUT2D eigenvalue weighted by atomic mass is 32.2. The molecule has 2 heterocycles. The van der Waals surface area contributed by atoms with Crippen molar-refractivity contribution in [3.63, 3.8) is 0 Å². The van der Waals surface area contributed by atoms with Gasteiger partial charge in [0, 0.05) is 13.1 Å². The van der Waals surface area contributed by atoms with Crippen LogP contribution in [0.4, 0.5) is 0 Å². The maximum absolute atomic E-state index is 12.0. The van der Waals surface area contributed by atoms with Gasteiger partial charge in [0.05, 0.1) is 11.5 Å². The first-order valence-electron chi connectivity index (χ1n) is 5.72. The Kier molecular flexibility index (Phi) is 3.61. The van der Waals surface area contributed by atoms with Gasteiger partial charge in [0.1, 0.15) is 0 Å². The van der Waals surface area contributed by atoms with E-state index in [9.17, 15) is 18.0 Å². The van der Waals surface area contributed by atoms with E-state index in [4.69, 9.17) is 9.52 Å². The summed E-state index contributed by atoms with van der Waals surface area (Å²) in [6.45, 7) is 0.422. The first-order chi connectivity index (χ1) is 8.89. The molecule has 1 saturated heterocycles. The van der Waals surface area contributed by atoms with Gasteiger partial charge in [0.2, 0.25) is 5.76 Å². The maximum Gasteiger partial charge on any atom is 0.371 e. The van der Waals surface area contributed by atoms with Crippen molar-refractivity contribution >= 4 is 21.7 Å². The first-order valence-corrected chi connectivity index (χ1v) is 7.54. The number of aromatic carboxylic acids is 1. The van der Waals surface area contributed by atoms with Gasteiger partial charge in [-0.2, -0.15) is 0 Å². The zero-order valence-corrected chi connectivity index (χ0v) is 10.9. The van der Waals surface area contributed by atoms with E-state index in [1.165, 1.54) is 17.0 Å². The Balaban J connectivity index is 2.12. The molecule has 104 valence electrons. The monoisotopic (exact) mass is 287 g/mol. The Morgan fingerprint density at radius 1 is 1.16 bits per heavy atom. The summed E-state index contributed by atoms with van der Waals surface area (Å²) < 4.78 is 27.8. The van der Waals surface area contributed by atoms with E-state index < -0.39 is 21.7 Å². The van der Waals surface area contributed by atoms with E-state index in [0.717, 1.165) is 0 Å². The number of amides is 1. The van der Waals surface area contributed by atoms with Gasteiger partial charge in [0.15, 0.2) is 15.6 Å². The third kappa shape index (κ3) is 3.14. The standard InChI is InChI=1S/C11H13NO6S/c13-10(8-2-3-9(18-8)11(14)15)12-4-1-6-19(16,17)7-5-12/h2-3H,1,4-7H2,(H,14,15). The second-order valence-electron chi connectivity index (χ2n) is 4.27. The minimum Gasteiger partial charge on any atom is -0.475 e. The highest BCUT2D eigenvalue weighted by molar-refractivity contribution is 7.91. The molecule has 0 unspecified atom stereocenters. The highest BCUT2D eigenvalue weighted by Crippen LogP contribution is 2.13. The van der Waals surface area contributed by atoms with Crippen LogP contribution in [0.3, 0.4) is 0 Å². The van der Waals surface area contributed by atoms with Crippen molar-refractivity contribution < 1.29 is 27.5 Å². The summed E-state index contributed by atoms with van der Waals surface area (Å²) >= 11 is 0. The van der Waals surface area contributed by atoms with Crippen LogP contribution >= 0.6 is 0 Å². The Morgan fingerprint density at radius 2 is 1.84 bits per heavy atom. The number of hydrogen-bond donors (Lipinski definition) is 1. The Labute approximate surface area is 109 Å². The zero-order valence-electron chi connectivity index (χ0n) is 10.0. The molecule has 1 aromatic heterocycles. The Morgan fingerprint density at radius 3 is 2.47 bits per heavy atom. The molecule has 1 amide bonds. The molecule has 0 spiro atoms. The van der Waals surface area contributed by atoms with Crippen molar-refractivity contribution in [1.29, 1.82) is 0 Å². The summed E-state index contributed by atoms with van der Waals surface area (Å²) in [7, 11) is -3.09. The molecule has 19 heavy (non-hydrogen) atoms. The van der Waals surface area contributed by atoms with Gasteiger partial charge in [-0.05, 0) is 18.6 Å². The molecule has 8 heteroatoms. The van der Waals surface area contributed by atoms with Crippen molar-refractivity contribution in [3.8, 4) is 0 Å². The van der Waals surface area contributed by atoms with Crippen LogP contribution in [-0.4, -0.2) is 54.9 Å². The molecule has 0 bridgehead atoms. The van der Waals surface area contributed by atoms with E-state index in [1.54, 1.807) is 0 Å². The summed E-state index contributed by atoms with van der Waals surface area (Å²) in [5.74, 6) is -2.15. The van der Waals surface area contributed by atoms with Gasteiger partial charge >= 0.3 is 5.97 Å². The van der Waals surface area contributed by atoms with Crippen LogP contribution in [0.25, 0.3) is 0 Å². The molecule has 0 saturated carbocycles. The van der Waals surface area contributed by atoms with E-state index in [2.05, 4.69) is 0 Å². The van der Waals surface area contributed by atoms with Gasteiger partial charge in [-0.25, -0.2) is 13.2 Å². The van der Waals surface area contributed by atoms with Gasteiger partial charge in [-0.3, -0.25) is 4.79 Å². The minimum absolute atomic E-state index is 0.0648. The van der Waals surface area contributed by atoms with Crippen molar-refractivity contribution in [2.45, 2.75) is 6.42 Å². The van der Waals surface area contributed by atoms with E-state index in [0.29, 0.717) is 13.0 Å². The van der Waals surface area contributed by atoms with Crippen LogP contribution in [-0.2, 0) is 9.84 Å². The summed E-state index contributed by atoms with van der Waals surface area (Å²) in [6.07, 6.45) is 0.376. The Bertz CT molecular complexity index is 602. The third-order valence-corrected chi connectivity index (χ3v) is 4.59. The van der Waals surface area contributed by atoms with E-state index >= 15 is 0 Å². The van der Waals surface area contributed by atoms with Gasteiger partial charge in [0.25, 0.3) is 5.91 Å². The summed E-state index contributed by atoms with van der Waals surface area (Å²) in [5, 5.41) is 8.71. The van der Waals surface area contributed by atoms with Crippen LogP contribution in [0.5, 0.6) is 0 Å². The van der Waals surface area contributed by atoms with Crippen molar-refractivity contribution in [1.82, 2.24) is 4.90 Å². The molecule has 0 atom stereocenters. The third-order valence-electron chi connectivity index (χ3n) is 2.87. The predicted octanol–water partition coefficient (Wildman–Crippen LogP) is 0.239. The van der Waals surface area contributed by atoms with Crippen LogP contribution in [0, 0.1) is 0 Å². The predicted molar refractivity (Wildman–Crippen MR) is 64.8 cm³/mol. The lowest BCUT2D eigenvalue weighted by Crippen LogP contribution is -2.33. The number of rotatable bonds is 2. The fraction of sp³-hybridized carbons (Fsp3) is 0.455. The fourth-order valence-electron chi connectivity index (χ4n) is 1.87. The maximum atomic E-state index is 12.0. The molecular weight excluding hydrogens is 274 g/mol. The molecule has 1 N–H and O–H groups in total. The molecule has 0 aromatic carbocycles. The van der Waals surface area contributed by atoms with Crippen LogP contribution in [0.15, 0.2) is 16.5 Å². The lowest BCUT2D eigenvalue weighted by atomic mass is 10.3. The number of carbonyl (C=O) groups is 2. The second-order valence-corrected chi connectivity index (χ2v) is 6.57. The molecule has 1 aliphatic rings. The molecule has 1 aliphatic heterocycles. The number of carboxylic acid groups (broad SMARTS) is 1. The summed E-state index contributed by atoms with van der Waals surface area (Å²) in [6, 6.07) is 2.48. The van der Waals surface area contributed by atoms with Gasteiger partial charge < -0.3 is 14.4 Å². The van der Waals surface area contributed by atoms with Crippen molar-refractivity contribution in [3.05, 3.63) is 23.7 Å². The number of carboxylic acids is 1. The molecule has 0 aliphatic carbocycles. The number of nitrogens with zero attached hydrogens (tertiary/aromatic N) is 1. The smallest absolute Gasteiger partial charge is 0.371 e. The number of furan rings is 1. The quantitative estimate of drug-likeness (QED) is 0.835. The van der Waals surface area contributed by atoms with Gasteiger partial charge in [-0.1, -0.05) is 0 Å². The Hall–Kier alpha value is -1.83. The van der Waals surface area contributed by atoms with Gasteiger partial charge in [-0.15, -0.1) is 0 Å². The summed E-state index contributed by atoms with van der Waals surface area (Å²) in [4.78, 5) is 24.1. The zero-order chi connectivity index (χ0) is 14.0. The molecule has 1 aromatic rings. The minimum atomic E-state index is -3.09. The SMILES string of the molecule is O=C(O)c1ccc(C(=O)N2CCCS(=O)(=O)CC2)o1. The molecule has 2 rings (SSSR count). The average molecular weight is 287 g/mol. The van der Waals surface area contributed by atoms with Crippen molar-refractivity contribution in [2.24, 2.45) is 0 Å². The normalized spacial score (nSPS) is 18.8. The largest absolute Gasteiger partial charge is 0.475 e. The topological polar surface area (TPSA) is 105 Å². The number of hydrogen-bond acceptors (Lipinski definition) is 5. The molecule has 0 radical (unpaired) electrons. The summed E-state index contributed by atoms with van der Waals surface area (Å²) in [5.41, 5.74) is 0. The average Bonchev–Trinajstić information content (AvgIpc) is 2.75.